The lowest BCUT2D eigenvalue weighted by molar-refractivity contribution is -0.148. The van der Waals surface area contributed by atoms with Crippen LogP contribution in [0.25, 0.3) is 0 Å². The number of alkyl halides is 6. The fourth-order valence-corrected chi connectivity index (χ4v) is 5.97. The van der Waals surface area contributed by atoms with Gasteiger partial charge in [0.15, 0.2) is 5.50 Å². The van der Waals surface area contributed by atoms with Gasteiger partial charge in [-0.15, -0.1) is 0 Å². The molecule has 3 atom stereocenters. The van der Waals surface area contributed by atoms with Crippen LogP contribution in [-0.2, 0) is 21.8 Å². The fourth-order valence-electron chi connectivity index (χ4n) is 4.55. The van der Waals surface area contributed by atoms with Crippen LogP contribution in [0.5, 0.6) is 5.75 Å². The van der Waals surface area contributed by atoms with E-state index in [0.717, 1.165) is 25.0 Å². The summed E-state index contributed by atoms with van der Waals surface area (Å²) in [7, 11) is -2.45. The summed E-state index contributed by atoms with van der Waals surface area (Å²) in [5.74, 6) is -6.18. The van der Waals surface area contributed by atoms with E-state index in [1.165, 1.54) is 13.8 Å². The molecule has 1 N–H and O–H groups in total. The van der Waals surface area contributed by atoms with Gasteiger partial charge < -0.3 is 14.7 Å². The largest absolute Gasteiger partial charge is 0.492 e. The Morgan fingerprint density at radius 1 is 1.14 bits per heavy atom. The van der Waals surface area contributed by atoms with E-state index in [9.17, 15) is 36.1 Å². The van der Waals surface area contributed by atoms with Crippen molar-refractivity contribution in [2.45, 2.75) is 87.8 Å². The highest BCUT2D eigenvalue weighted by molar-refractivity contribution is 7.85. The molecule has 12 heteroatoms. The van der Waals surface area contributed by atoms with E-state index >= 15 is 4.39 Å². The molecule has 0 saturated heterocycles. The second-order valence-corrected chi connectivity index (χ2v) is 11.9. The zero-order chi connectivity index (χ0) is 27.1. The third-order valence-electron chi connectivity index (χ3n) is 6.79. The maximum atomic E-state index is 15.5. The molecule has 1 aliphatic carbocycles. The number of carboxylic acid groups (broad SMARTS) is 1. The highest BCUT2D eigenvalue weighted by atomic mass is 32.2. The Labute approximate surface area is 208 Å². The normalized spacial score (nSPS) is 23.9. The highest BCUT2D eigenvalue weighted by Crippen LogP contribution is 2.46. The lowest BCUT2D eigenvalue weighted by atomic mass is 9.95. The number of benzene rings is 1. The van der Waals surface area contributed by atoms with Gasteiger partial charge in [-0.1, -0.05) is 12.8 Å². The van der Waals surface area contributed by atoms with Gasteiger partial charge in [-0.25, -0.2) is 13.2 Å². The number of hydrogen-bond acceptors (Lipinski definition) is 4. The molecule has 1 aliphatic heterocycles. The van der Waals surface area contributed by atoms with Crippen LogP contribution in [0, 0.1) is 11.3 Å². The minimum Gasteiger partial charge on any atom is -0.492 e. The first-order valence-electron chi connectivity index (χ1n) is 11.8. The zero-order valence-electron chi connectivity index (χ0n) is 20.3. The Morgan fingerprint density at radius 3 is 2.28 bits per heavy atom. The summed E-state index contributed by atoms with van der Waals surface area (Å²) in [6, 6.07) is 1.41. The topological polar surface area (TPSA) is 66.8 Å². The van der Waals surface area contributed by atoms with Crippen molar-refractivity contribution < 1.29 is 45.2 Å². The molecular formula is C24H31F6NO4S. The number of carboxylic acids is 1. The molecule has 0 amide bonds. The summed E-state index contributed by atoms with van der Waals surface area (Å²) < 4.78 is 103. The standard InChI is InChI=1S/C24H31F6NO4S/c1-22(2,21(32)33)13-35-18-11-19-17(10-16(18)24(28,29)30)31(15-6-4-5-7-15)12-14(20(25)36(19)34)8-9-23(3,26)27/h10-11,14-15,20H,4-9,12-13H2,1-3H3,(H,32,33). The van der Waals surface area contributed by atoms with Crippen LogP contribution in [0.3, 0.4) is 0 Å². The first-order chi connectivity index (χ1) is 16.5. The Kier molecular flexibility index (Phi) is 8.27. The van der Waals surface area contributed by atoms with Crippen molar-refractivity contribution in [2.24, 2.45) is 11.3 Å². The molecule has 2 aliphatic rings. The van der Waals surface area contributed by atoms with Crippen molar-refractivity contribution in [1.29, 1.82) is 0 Å². The molecule has 1 aromatic rings. The van der Waals surface area contributed by atoms with Crippen LogP contribution in [-0.4, -0.2) is 45.9 Å². The van der Waals surface area contributed by atoms with Gasteiger partial charge in [0, 0.05) is 24.9 Å². The molecule has 1 aromatic carbocycles. The van der Waals surface area contributed by atoms with Crippen LogP contribution >= 0.6 is 0 Å². The quantitative estimate of drug-likeness (QED) is 0.384. The van der Waals surface area contributed by atoms with Crippen LogP contribution < -0.4 is 9.64 Å². The average Bonchev–Trinajstić information content (AvgIpc) is 3.26. The number of fused-ring (bicyclic) bond motifs is 1. The second kappa shape index (κ2) is 10.4. The molecule has 5 nitrogen and oxygen atoms in total. The SMILES string of the molecule is CC(F)(F)CCC1CN(C2CCCC2)c2cc(C(F)(F)F)c(OCC(C)(C)C(=O)O)cc2S(=O)C1F. The first-order valence-corrected chi connectivity index (χ1v) is 13.0. The van der Waals surface area contributed by atoms with E-state index in [2.05, 4.69) is 0 Å². The van der Waals surface area contributed by atoms with Gasteiger partial charge in [-0.2, -0.15) is 13.2 Å². The highest BCUT2D eigenvalue weighted by Gasteiger charge is 2.43. The van der Waals surface area contributed by atoms with E-state index in [4.69, 9.17) is 4.74 Å². The van der Waals surface area contributed by atoms with Gasteiger partial charge in [0.1, 0.15) is 12.4 Å². The molecule has 1 saturated carbocycles. The second-order valence-electron chi connectivity index (χ2n) is 10.4. The van der Waals surface area contributed by atoms with E-state index in [-0.39, 0.29) is 29.6 Å². The van der Waals surface area contributed by atoms with Crippen LogP contribution in [0.1, 0.15) is 64.9 Å². The summed E-state index contributed by atoms with van der Waals surface area (Å²) in [5, 5.41) is 9.29. The Morgan fingerprint density at radius 2 is 1.75 bits per heavy atom. The molecule has 1 fully saturated rings. The number of halogens is 6. The molecule has 0 radical (unpaired) electrons. The summed E-state index contributed by atoms with van der Waals surface area (Å²) >= 11 is 0. The molecule has 0 aromatic heterocycles. The average molecular weight is 544 g/mol. The van der Waals surface area contributed by atoms with Crippen molar-refractivity contribution in [3.63, 3.8) is 0 Å². The van der Waals surface area contributed by atoms with Gasteiger partial charge in [0.05, 0.1) is 32.4 Å². The third kappa shape index (κ3) is 6.47. The molecule has 0 bridgehead atoms. The van der Waals surface area contributed by atoms with Gasteiger partial charge >= 0.3 is 12.1 Å². The molecule has 204 valence electrons. The molecule has 1 heterocycles. The van der Waals surface area contributed by atoms with Gasteiger partial charge in [-0.3, -0.25) is 9.00 Å². The third-order valence-corrected chi connectivity index (χ3v) is 8.34. The van der Waals surface area contributed by atoms with Crippen molar-refractivity contribution in [2.75, 3.05) is 18.1 Å². The summed E-state index contributed by atoms with van der Waals surface area (Å²) in [6.45, 7) is 2.51. The summed E-state index contributed by atoms with van der Waals surface area (Å²) in [5.41, 5.74) is -4.84. The van der Waals surface area contributed by atoms with E-state index in [1.54, 1.807) is 4.90 Å². The number of nitrogens with zero attached hydrogens (tertiary/aromatic N) is 1. The van der Waals surface area contributed by atoms with Crippen molar-refractivity contribution in [3.05, 3.63) is 17.7 Å². The zero-order valence-corrected chi connectivity index (χ0v) is 21.2. The number of ether oxygens (including phenoxy) is 1. The van der Waals surface area contributed by atoms with E-state index in [1.807, 2.05) is 0 Å². The molecular weight excluding hydrogens is 512 g/mol. The first kappa shape index (κ1) is 28.6. The number of aliphatic carboxylic acids is 1. The summed E-state index contributed by atoms with van der Waals surface area (Å²) in [6.07, 6.45) is -2.93. The van der Waals surface area contributed by atoms with E-state index in [0.29, 0.717) is 19.8 Å². The number of rotatable bonds is 8. The maximum absolute atomic E-state index is 15.5. The van der Waals surface area contributed by atoms with Gasteiger partial charge in [0.25, 0.3) is 0 Å². The van der Waals surface area contributed by atoms with Crippen molar-refractivity contribution in [1.82, 2.24) is 0 Å². The van der Waals surface area contributed by atoms with Crippen LogP contribution in [0.15, 0.2) is 17.0 Å². The Balaban J connectivity index is 2.10. The predicted molar refractivity (Wildman–Crippen MR) is 123 cm³/mol. The summed E-state index contributed by atoms with van der Waals surface area (Å²) in [4.78, 5) is 12.8. The van der Waals surface area contributed by atoms with Gasteiger partial charge in [0.2, 0.25) is 5.92 Å². The fraction of sp³-hybridized carbons (Fsp3) is 0.708. The minimum atomic E-state index is -4.90. The van der Waals surface area contributed by atoms with Crippen LogP contribution in [0.4, 0.5) is 32.0 Å². The lowest BCUT2D eigenvalue weighted by Gasteiger charge is -2.34. The molecule has 36 heavy (non-hydrogen) atoms. The lowest BCUT2D eigenvalue weighted by Crippen LogP contribution is -2.39. The monoisotopic (exact) mass is 543 g/mol. The van der Waals surface area contributed by atoms with Crippen LogP contribution in [0.2, 0.25) is 0 Å². The Bertz CT molecular complexity index is 988. The Hall–Kier alpha value is -1.98. The number of hydrogen-bond donors (Lipinski definition) is 1. The van der Waals surface area contributed by atoms with Gasteiger partial charge in [-0.05, 0) is 52.2 Å². The van der Waals surface area contributed by atoms with Crippen molar-refractivity contribution >= 4 is 22.5 Å². The smallest absolute Gasteiger partial charge is 0.420 e. The maximum Gasteiger partial charge on any atom is 0.420 e. The van der Waals surface area contributed by atoms with E-state index < -0.39 is 70.0 Å². The molecule has 3 rings (SSSR count). The molecule has 0 spiro atoms. The minimum absolute atomic E-state index is 0.0502. The molecule has 3 unspecified atom stereocenters. The number of anilines is 1. The predicted octanol–water partition coefficient (Wildman–Crippen LogP) is 6.41. The van der Waals surface area contributed by atoms with Crippen molar-refractivity contribution in [3.8, 4) is 5.75 Å². The number of carbonyl (C=O) groups is 1.